The lowest BCUT2D eigenvalue weighted by atomic mass is 9.66. The van der Waals surface area contributed by atoms with Gasteiger partial charge in [-0.2, -0.15) is 0 Å². The lowest BCUT2D eigenvalue weighted by Gasteiger charge is -2.40. The molecule has 6 heteroatoms. The van der Waals surface area contributed by atoms with E-state index in [9.17, 15) is 14.4 Å². The molecule has 0 radical (unpaired) electrons. The van der Waals surface area contributed by atoms with Crippen LogP contribution in [-0.4, -0.2) is 30.6 Å². The van der Waals surface area contributed by atoms with Crippen LogP contribution in [0.15, 0.2) is 30.3 Å². The summed E-state index contributed by atoms with van der Waals surface area (Å²) < 4.78 is 10.4. The number of amides is 1. The molecule has 2 unspecified atom stereocenters. The van der Waals surface area contributed by atoms with E-state index in [-0.39, 0.29) is 12.2 Å². The van der Waals surface area contributed by atoms with Gasteiger partial charge in [-0.3, -0.25) is 9.59 Å². The summed E-state index contributed by atoms with van der Waals surface area (Å²) in [5.41, 5.74) is -1.47. The van der Waals surface area contributed by atoms with Gasteiger partial charge >= 0.3 is 12.1 Å². The van der Waals surface area contributed by atoms with Gasteiger partial charge in [0.05, 0.1) is 13.2 Å². The summed E-state index contributed by atoms with van der Waals surface area (Å²) in [6.45, 7) is 5.27. The predicted molar refractivity (Wildman–Crippen MR) is 96.5 cm³/mol. The van der Waals surface area contributed by atoms with Crippen molar-refractivity contribution >= 4 is 17.8 Å². The summed E-state index contributed by atoms with van der Waals surface area (Å²) in [5, 5.41) is 2.76. The smallest absolute Gasteiger partial charge is 0.408 e. The average molecular weight is 361 g/mol. The van der Waals surface area contributed by atoms with E-state index in [2.05, 4.69) is 5.32 Å². The van der Waals surface area contributed by atoms with Crippen molar-refractivity contribution in [3.63, 3.8) is 0 Å². The van der Waals surface area contributed by atoms with Gasteiger partial charge in [0.25, 0.3) is 0 Å². The molecule has 142 valence electrons. The Morgan fingerprint density at radius 3 is 2.35 bits per heavy atom. The number of ether oxygens (including phenoxy) is 2. The van der Waals surface area contributed by atoms with Gasteiger partial charge in [-0.25, -0.2) is 4.79 Å². The third-order valence-corrected chi connectivity index (χ3v) is 4.56. The molecule has 1 aliphatic rings. The number of nitrogens with one attached hydrogen (secondary N) is 1. The minimum absolute atomic E-state index is 0.208. The SMILES string of the molecule is COC(=O)C1(C(NC(=O)OC(C)(C)C)c2ccccc2)CCCCC1=O. The highest BCUT2D eigenvalue weighted by atomic mass is 16.6. The van der Waals surface area contributed by atoms with Gasteiger partial charge in [0.2, 0.25) is 0 Å². The average Bonchev–Trinajstić information content (AvgIpc) is 2.59. The molecule has 1 N–H and O–H groups in total. The zero-order valence-electron chi connectivity index (χ0n) is 15.8. The van der Waals surface area contributed by atoms with Crippen molar-refractivity contribution in [2.24, 2.45) is 5.41 Å². The molecular formula is C20H27NO5. The Balaban J connectivity index is 2.48. The lowest BCUT2D eigenvalue weighted by molar-refractivity contribution is -0.162. The summed E-state index contributed by atoms with van der Waals surface area (Å²) in [5.74, 6) is -0.826. The third kappa shape index (κ3) is 4.23. The maximum Gasteiger partial charge on any atom is 0.408 e. The number of carbonyl (C=O) groups excluding carboxylic acids is 3. The second kappa shape index (κ2) is 7.89. The Bertz CT molecular complexity index is 655. The van der Waals surface area contributed by atoms with Gasteiger partial charge in [-0.15, -0.1) is 0 Å². The molecule has 0 bridgehead atoms. The fourth-order valence-corrected chi connectivity index (χ4v) is 3.44. The molecule has 1 aromatic carbocycles. The zero-order chi connectivity index (χ0) is 19.4. The number of alkyl carbamates (subject to hydrolysis) is 1. The summed E-state index contributed by atoms with van der Waals surface area (Å²) in [6.07, 6.45) is 1.38. The number of methoxy groups -OCH3 is 1. The van der Waals surface area contributed by atoms with Crippen molar-refractivity contribution < 1.29 is 23.9 Å². The molecule has 1 aliphatic carbocycles. The highest BCUT2D eigenvalue weighted by molar-refractivity contribution is 6.05. The van der Waals surface area contributed by atoms with Gasteiger partial charge in [0.1, 0.15) is 5.60 Å². The van der Waals surface area contributed by atoms with Crippen molar-refractivity contribution in [1.29, 1.82) is 0 Å². The van der Waals surface area contributed by atoms with E-state index in [1.807, 2.05) is 6.07 Å². The van der Waals surface area contributed by atoms with Gasteiger partial charge in [-0.05, 0) is 39.2 Å². The van der Waals surface area contributed by atoms with Crippen LogP contribution in [0.5, 0.6) is 0 Å². The molecule has 1 aromatic rings. The maximum absolute atomic E-state index is 12.9. The predicted octanol–water partition coefficient (Wildman–Crippen LogP) is 3.55. The summed E-state index contributed by atoms with van der Waals surface area (Å²) in [6, 6.07) is 8.17. The van der Waals surface area contributed by atoms with Gasteiger partial charge in [0.15, 0.2) is 11.2 Å². The third-order valence-electron chi connectivity index (χ3n) is 4.56. The van der Waals surface area contributed by atoms with Crippen molar-refractivity contribution in [1.82, 2.24) is 5.32 Å². The largest absolute Gasteiger partial charge is 0.468 e. The number of esters is 1. The zero-order valence-corrected chi connectivity index (χ0v) is 15.8. The van der Waals surface area contributed by atoms with E-state index < -0.39 is 29.1 Å². The van der Waals surface area contributed by atoms with E-state index in [1.54, 1.807) is 45.0 Å². The molecular weight excluding hydrogens is 334 g/mol. The van der Waals surface area contributed by atoms with Crippen molar-refractivity contribution in [2.45, 2.75) is 58.1 Å². The van der Waals surface area contributed by atoms with Crippen LogP contribution < -0.4 is 5.32 Å². The molecule has 1 saturated carbocycles. The Hall–Kier alpha value is -2.37. The van der Waals surface area contributed by atoms with E-state index >= 15 is 0 Å². The molecule has 6 nitrogen and oxygen atoms in total. The van der Waals surface area contributed by atoms with Crippen LogP contribution in [-0.2, 0) is 19.1 Å². The fraction of sp³-hybridized carbons (Fsp3) is 0.550. The number of benzene rings is 1. The molecule has 2 atom stereocenters. The highest BCUT2D eigenvalue weighted by Crippen LogP contribution is 2.45. The summed E-state index contributed by atoms with van der Waals surface area (Å²) in [4.78, 5) is 38.1. The fourth-order valence-electron chi connectivity index (χ4n) is 3.44. The van der Waals surface area contributed by atoms with Crippen LogP contribution in [0.25, 0.3) is 0 Å². The van der Waals surface area contributed by atoms with E-state index in [4.69, 9.17) is 9.47 Å². The monoisotopic (exact) mass is 361 g/mol. The highest BCUT2D eigenvalue weighted by Gasteiger charge is 2.55. The minimum Gasteiger partial charge on any atom is -0.468 e. The number of hydrogen-bond donors (Lipinski definition) is 1. The second-order valence-electron chi connectivity index (χ2n) is 7.58. The van der Waals surface area contributed by atoms with E-state index in [0.717, 1.165) is 6.42 Å². The van der Waals surface area contributed by atoms with Gasteiger partial charge in [0, 0.05) is 6.42 Å². The van der Waals surface area contributed by atoms with Crippen LogP contribution in [0.3, 0.4) is 0 Å². The van der Waals surface area contributed by atoms with Gasteiger partial charge in [-0.1, -0.05) is 36.8 Å². The number of rotatable bonds is 4. The number of ketones is 1. The van der Waals surface area contributed by atoms with Crippen LogP contribution >= 0.6 is 0 Å². The molecule has 0 saturated heterocycles. The first-order valence-corrected chi connectivity index (χ1v) is 8.87. The molecule has 0 aliphatic heterocycles. The van der Waals surface area contributed by atoms with Crippen LogP contribution in [0.2, 0.25) is 0 Å². The van der Waals surface area contributed by atoms with Gasteiger partial charge < -0.3 is 14.8 Å². The molecule has 26 heavy (non-hydrogen) atoms. The van der Waals surface area contributed by atoms with Crippen molar-refractivity contribution in [3.8, 4) is 0 Å². The van der Waals surface area contributed by atoms with Crippen molar-refractivity contribution in [2.75, 3.05) is 7.11 Å². The molecule has 0 aromatic heterocycles. The quantitative estimate of drug-likeness (QED) is 0.655. The Labute approximate surface area is 154 Å². The number of hydrogen-bond acceptors (Lipinski definition) is 5. The Morgan fingerprint density at radius 2 is 1.81 bits per heavy atom. The normalized spacial score (nSPS) is 21.6. The first-order chi connectivity index (χ1) is 12.2. The topological polar surface area (TPSA) is 81.7 Å². The minimum atomic E-state index is -1.44. The molecule has 2 rings (SSSR count). The lowest BCUT2D eigenvalue weighted by Crippen LogP contribution is -2.53. The first kappa shape index (κ1) is 19.9. The second-order valence-corrected chi connectivity index (χ2v) is 7.58. The number of carbonyl (C=O) groups is 3. The van der Waals surface area contributed by atoms with Crippen LogP contribution in [0, 0.1) is 5.41 Å². The van der Waals surface area contributed by atoms with Crippen LogP contribution in [0.1, 0.15) is 58.1 Å². The van der Waals surface area contributed by atoms with E-state index in [1.165, 1.54) is 7.11 Å². The van der Waals surface area contributed by atoms with E-state index in [0.29, 0.717) is 18.4 Å². The van der Waals surface area contributed by atoms with Crippen LogP contribution in [0.4, 0.5) is 4.79 Å². The Morgan fingerprint density at radius 1 is 1.15 bits per heavy atom. The molecule has 0 spiro atoms. The molecule has 0 heterocycles. The number of Topliss-reactive ketones (excluding diaryl/α,β-unsaturated/α-hetero) is 1. The summed E-state index contributed by atoms with van der Waals surface area (Å²) in [7, 11) is 1.27. The first-order valence-electron chi connectivity index (χ1n) is 8.87. The maximum atomic E-state index is 12.9. The molecule has 1 fully saturated rings. The summed E-state index contributed by atoms with van der Waals surface area (Å²) >= 11 is 0. The Kier molecular flexibility index (Phi) is 6.05. The van der Waals surface area contributed by atoms with Crippen molar-refractivity contribution in [3.05, 3.63) is 35.9 Å². The molecule has 1 amide bonds. The standard InChI is InChI=1S/C20H27NO5/c1-19(2,3)26-18(24)21-16(14-10-6-5-7-11-14)20(17(23)25-4)13-9-8-12-15(20)22/h5-7,10-11,16H,8-9,12-13H2,1-4H3,(H,21,24).